The fourth-order valence-corrected chi connectivity index (χ4v) is 5.94. The van der Waals surface area contributed by atoms with Crippen LogP contribution in [0.4, 0.5) is 5.69 Å². The number of nitrogens with one attached hydrogen (secondary N) is 3. The predicted molar refractivity (Wildman–Crippen MR) is 122 cm³/mol. The Labute approximate surface area is 189 Å². The van der Waals surface area contributed by atoms with Crippen molar-refractivity contribution in [3.05, 3.63) is 24.0 Å². The van der Waals surface area contributed by atoms with E-state index in [0.717, 1.165) is 36.0 Å². The van der Waals surface area contributed by atoms with Gasteiger partial charge in [0, 0.05) is 23.8 Å². The summed E-state index contributed by atoms with van der Waals surface area (Å²) < 4.78 is 5.47. The van der Waals surface area contributed by atoms with E-state index in [0.29, 0.717) is 36.0 Å². The van der Waals surface area contributed by atoms with Crippen LogP contribution in [0.25, 0.3) is 11.0 Å². The highest BCUT2D eigenvalue weighted by atomic mass is 35.5. The van der Waals surface area contributed by atoms with Gasteiger partial charge in [-0.05, 0) is 62.8 Å². The van der Waals surface area contributed by atoms with Gasteiger partial charge in [0.2, 0.25) is 5.90 Å². The van der Waals surface area contributed by atoms with Crippen molar-refractivity contribution in [2.75, 3.05) is 11.9 Å². The molecule has 0 aliphatic heterocycles. The number of halogens is 3. The Hall–Kier alpha value is -1.21. The molecule has 0 spiro atoms. The molecule has 0 amide bonds. The number of fused-ring (bicyclic) bond motifs is 1. The summed E-state index contributed by atoms with van der Waals surface area (Å²) in [5.41, 5.74) is 2.05. The number of pyridine rings is 1. The standard InChI is InChI=1S/C20H26N4O2.3ClH/c1-2-26-18(21)15-10-23-19-14(3-4-22-19)17(15)24-16-12-5-11-6-13(16)9-20(25,7-11)8-12;;;/h3-4,10-13,16,21,25H,2,5-9H2,1H3,(H2,22,23,24);3*1H. The first-order valence-electron chi connectivity index (χ1n) is 9.73. The summed E-state index contributed by atoms with van der Waals surface area (Å²) in [6.45, 7) is 2.36. The van der Waals surface area contributed by atoms with Crippen LogP contribution >= 0.6 is 37.2 Å². The molecule has 6 nitrogen and oxygen atoms in total. The number of hydrogen-bond acceptors (Lipinski definition) is 5. The molecule has 162 valence electrons. The van der Waals surface area contributed by atoms with Gasteiger partial charge in [-0.3, -0.25) is 5.41 Å². The second-order valence-corrected chi connectivity index (χ2v) is 8.41. The molecule has 4 bridgehead atoms. The molecule has 29 heavy (non-hydrogen) atoms. The van der Waals surface area contributed by atoms with Gasteiger partial charge in [0.05, 0.1) is 23.5 Å². The Morgan fingerprint density at radius 1 is 1.28 bits per heavy atom. The Balaban J connectivity index is 0.000001000. The van der Waals surface area contributed by atoms with Gasteiger partial charge in [0.25, 0.3) is 0 Å². The zero-order chi connectivity index (χ0) is 17.9. The zero-order valence-corrected chi connectivity index (χ0v) is 18.8. The maximum absolute atomic E-state index is 10.8. The zero-order valence-electron chi connectivity index (χ0n) is 16.3. The normalized spacial score (nSPS) is 31.4. The van der Waals surface area contributed by atoms with Crippen LogP contribution in [0.15, 0.2) is 18.5 Å². The topological polar surface area (TPSA) is 94.0 Å². The molecule has 0 aromatic carbocycles. The summed E-state index contributed by atoms with van der Waals surface area (Å²) in [6.07, 6.45) is 8.81. The molecule has 6 rings (SSSR count). The third-order valence-electron chi connectivity index (χ3n) is 6.67. The van der Waals surface area contributed by atoms with Crippen molar-refractivity contribution in [2.24, 2.45) is 17.8 Å². The number of hydrogen-bond donors (Lipinski definition) is 4. The van der Waals surface area contributed by atoms with Gasteiger partial charge >= 0.3 is 0 Å². The highest BCUT2D eigenvalue weighted by Crippen LogP contribution is 2.56. The second-order valence-electron chi connectivity index (χ2n) is 8.41. The molecule has 2 aromatic heterocycles. The monoisotopic (exact) mass is 462 g/mol. The van der Waals surface area contributed by atoms with E-state index in [9.17, 15) is 5.11 Å². The van der Waals surface area contributed by atoms with Crippen molar-refractivity contribution in [1.29, 1.82) is 5.41 Å². The SMILES string of the molecule is CCOC(=N)c1cnc2[nH]ccc2c1NC1C2CC3CC1CC(O)(C3)C2.Cl.Cl.Cl. The van der Waals surface area contributed by atoms with Crippen LogP contribution in [-0.4, -0.2) is 39.2 Å². The first-order valence-corrected chi connectivity index (χ1v) is 9.73. The maximum atomic E-state index is 10.8. The number of aromatic amines is 1. The second kappa shape index (κ2) is 8.88. The maximum Gasteiger partial charge on any atom is 0.216 e. The average molecular weight is 464 g/mol. The van der Waals surface area contributed by atoms with E-state index in [4.69, 9.17) is 10.1 Å². The van der Waals surface area contributed by atoms with Crippen molar-refractivity contribution in [2.45, 2.75) is 50.7 Å². The molecule has 0 saturated heterocycles. The molecule has 4 N–H and O–H groups in total. The van der Waals surface area contributed by atoms with Crippen molar-refractivity contribution in [3.63, 3.8) is 0 Å². The number of aliphatic hydroxyl groups is 1. The van der Waals surface area contributed by atoms with Gasteiger partial charge in [-0.25, -0.2) is 4.98 Å². The summed E-state index contributed by atoms with van der Waals surface area (Å²) in [5.74, 6) is 1.85. The molecule has 4 fully saturated rings. The molecule has 0 radical (unpaired) electrons. The lowest BCUT2D eigenvalue weighted by Gasteiger charge is -2.58. The van der Waals surface area contributed by atoms with Gasteiger partial charge in [0.15, 0.2) is 0 Å². The highest BCUT2D eigenvalue weighted by molar-refractivity contribution is 6.05. The lowest BCUT2D eigenvalue weighted by atomic mass is 9.52. The average Bonchev–Trinajstić information content (AvgIpc) is 3.05. The van der Waals surface area contributed by atoms with E-state index in [-0.39, 0.29) is 43.1 Å². The van der Waals surface area contributed by atoms with E-state index in [1.54, 1.807) is 6.20 Å². The van der Waals surface area contributed by atoms with Crippen LogP contribution in [-0.2, 0) is 4.74 Å². The number of anilines is 1. The van der Waals surface area contributed by atoms with E-state index in [2.05, 4.69) is 15.3 Å². The molecular formula is C20H29Cl3N4O2. The van der Waals surface area contributed by atoms with Crippen molar-refractivity contribution in [1.82, 2.24) is 9.97 Å². The summed E-state index contributed by atoms with van der Waals surface area (Å²) in [7, 11) is 0. The first-order chi connectivity index (χ1) is 12.6. The lowest BCUT2D eigenvalue weighted by Crippen LogP contribution is -2.59. The Bertz CT molecular complexity index is 859. The minimum Gasteiger partial charge on any atom is -0.478 e. The summed E-state index contributed by atoms with van der Waals surface area (Å²) >= 11 is 0. The predicted octanol–water partition coefficient (Wildman–Crippen LogP) is 4.54. The molecule has 9 heteroatoms. The third kappa shape index (κ3) is 4.05. The van der Waals surface area contributed by atoms with Gasteiger partial charge in [0.1, 0.15) is 5.65 Å². The molecule has 2 atom stereocenters. The largest absolute Gasteiger partial charge is 0.478 e. The van der Waals surface area contributed by atoms with Crippen LogP contribution < -0.4 is 5.32 Å². The molecule has 4 saturated carbocycles. The van der Waals surface area contributed by atoms with Gasteiger partial charge < -0.3 is 20.1 Å². The van der Waals surface area contributed by atoms with Crippen LogP contribution in [0, 0.1) is 23.2 Å². The molecule has 2 unspecified atom stereocenters. The van der Waals surface area contributed by atoms with E-state index in [1.165, 1.54) is 12.8 Å². The number of nitrogens with zero attached hydrogens (tertiary/aromatic N) is 1. The number of aromatic nitrogens is 2. The minimum atomic E-state index is -0.433. The Morgan fingerprint density at radius 3 is 2.59 bits per heavy atom. The molecule has 4 aliphatic rings. The fraction of sp³-hybridized carbons (Fsp3) is 0.600. The number of rotatable bonds is 4. The molecular weight excluding hydrogens is 435 g/mol. The lowest BCUT2D eigenvalue weighted by molar-refractivity contribution is -0.129. The summed E-state index contributed by atoms with van der Waals surface area (Å²) in [6, 6.07) is 2.36. The van der Waals surface area contributed by atoms with Crippen LogP contribution in [0.3, 0.4) is 0 Å². The smallest absolute Gasteiger partial charge is 0.216 e. The van der Waals surface area contributed by atoms with Crippen molar-refractivity contribution >= 4 is 59.8 Å². The fourth-order valence-electron chi connectivity index (χ4n) is 5.94. The number of ether oxygens (including phenoxy) is 1. The van der Waals surface area contributed by atoms with Gasteiger partial charge in [-0.15, -0.1) is 37.2 Å². The quantitative estimate of drug-likeness (QED) is 0.395. The Morgan fingerprint density at radius 2 is 1.97 bits per heavy atom. The van der Waals surface area contributed by atoms with Crippen LogP contribution in [0.1, 0.15) is 44.6 Å². The van der Waals surface area contributed by atoms with E-state index < -0.39 is 5.60 Å². The molecule has 4 aliphatic carbocycles. The van der Waals surface area contributed by atoms with E-state index in [1.807, 2.05) is 19.2 Å². The van der Waals surface area contributed by atoms with Gasteiger partial charge in [-0.1, -0.05) is 0 Å². The third-order valence-corrected chi connectivity index (χ3v) is 6.67. The van der Waals surface area contributed by atoms with Crippen molar-refractivity contribution in [3.8, 4) is 0 Å². The summed E-state index contributed by atoms with van der Waals surface area (Å²) in [5, 5.41) is 23.9. The highest BCUT2D eigenvalue weighted by Gasteiger charge is 2.54. The van der Waals surface area contributed by atoms with E-state index >= 15 is 0 Å². The number of H-pyrrole nitrogens is 1. The minimum absolute atomic E-state index is 0. The molecule has 2 aromatic rings. The van der Waals surface area contributed by atoms with Gasteiger partial charge in [-0.2, -0.15) is 0 Å². The Kier molecular flexibility index (Phi) is 7.37. The van der Waals surface area contributed by atoms with Crippen LogP contribution in [0.2, 0.25) is 0 Å². The first kappa shape index (κ1) is 24.1. The molecule has 2 heterocycles. The summed E-state index contributed by atoms with van der Waals surface area (Å²) in [4.78, 5) is 7.61. The van der Waals surface area contributed by atoms with Crippen LogP contribution in [0.5, 0.6) is 0 Å². The van der Waals surface area contributed by atoms with Crippen molar-refractivity contribution < 1.29 is 9.84 Å².